The largest absolute Gasteiger partial charge is 0.304 e. The molecule has 2 rings (SSSR count). The highest BCUT2D eigenvalue weighted by atomic mass is 15.1. The van der Waals surface area contributed by atoms with Crippen LogP contribution in [0.3, 0.4) is 0 Å². The average molecular weight is 249 g/mol. The zero-order chi connectivity index (χ0) is 13.0. The van der Waals surface area contributed by atoms with Crippen molar-refractivity contribution >= 4 is 0 Å². The van der Waals surface area contributed by atoms with E-state index in [1.165, 1.54) is 32.1 Å². The quantitative estimate of drug-likeness (QED) is 0.753. The van der Waals surface area contributed by atoms with Gasteiger partial charge in [0.15, 0.2) is 0 Å². The van der Waals surface area contributed by atoms with Gasteiger partial charge in [-0.2, -0.15) is 5.26 Å². The molecule has 2 unspecified atom stereocenters. The summed E-state index contributed by atoms with van der Waals surface area (Å²) >= 11 is 0. The van der Waals surface area contributed by atoms with Gasteiger partial charge in [-0.15, -0.1) is 0 Å². The molecule has 102 valence electrons. The van der Waals surface area contributed by atoms with E-state index in [0.717, 1.165) is 26.1 Å². The lowest BCUT2D eigenvalue weighted by Gasteiger charge is -2.31. The smallest absolute Gasteiger partial charge is 0.109 e. The molecule has 2 fully saturated rings. The van der Waals surface area contributed by atoms with Crippen molar-refractivity contribution in [3.8, 4) is 6.07 Å². The Hall–Kier alpha value is -0.590. The molecule has 1 N–H and O–H groups in total. The van der Waals surface area contributed by atoms with Crippen LogP contribution in [0, 0.1) is 17.2 Å². The highest BCUT2D eigenvalue weighted by Gasteiger charge is 2.45. The lowest BCUT2D eigenvalue weighted by atomic mass is 9.85. The fourth-order valence-corrected chi connectivity index (χ4v) is 3.31. The molecule has 0 heterocycles. The van der Waals surface area contributed by atoms with E-state index in [-0.39, 0.29) is 5.54 Å². The van der Waals surface area contributed by atoms with Crippen molar-refractivity contribution < 1.29 is 0 Å². The van der Waals surface area contributed by atoms with Crippen LogP contribution >= 0.6 is 0 Å². The Morgan fingerprint density at radius 3 is 2.56 bits per heavy atom. The van der Waals surface area contributed by atoms with Crippen molar-refractivity contribution in [2.75, 3.05) is 19.6 Å². The normalized spacial score (nSPS) is 31.8. The molecule has 0 spiro atoms. The van der Waals surface area contributed by atoms with E-state index in [9.17, 15) is 5.26 Å². The first-order valence-electron chi connectivity index (χ1n) is 7.65. The summed E-state index contributed by atoms with van der Waals surface area (Å²) in [5, 5.41) is 13.3. The van der Waals surface area contributed by atoms with Gasteiger partial charge in [0.1, 0.15) is 5.54 Å². The van der Waals surface area contributed by atoms with E-state index in [0.29, 0.717) is 12.0 Å². The third-order valence-corrected chi connectivity index (χ3v) is 4.75. The van der Waals surface area contributed by atoms with Crippen LogP contribution in [0.1, 0.15) is 52.4 Å². The van der Waals surface area contributed by atoms with Gasteiger partial charge in [0.2, 0.25) is 0 Å². The lowest BCUT2D eigenvalue weighted by Crippen LogP contribution is -2.49. The van der Waals surface area contributed by atoms with Crippen molar-refractivity contribution in [2.24, 2.45) is 5.92 Å². The zero-order valence-corrected chi connectivity index (χ0v) is 11.9. The van der Waals surface area contributed by atoms with Gasteiger partial charge in [-0.25, -0.2) is 0 Å². The minimum absolute atomic E-state index is 0.200. The zero-order valence-electron chi connectivity index (χ0n) is 11.9. The summed E-state index contributed by atoms with van der Waals surface area (Å²) < 4.78 is 0. The minimum atomic E-state index is -0.200. The molecule has 2 atom stereocenters. The Morgan fingerprint density at radius 2 is 2.00 bits per heavy atom. The van der Waals surface area contributed by atoms with Gasteiger partial charge in [-0.05, 0) is 57.7 Å². The first-order chi connectivity index (χ1) is 8.74. The van der Waals surface area contributed by atoms with Crippen LogP contribution in [-0.4, -0.2) is 36.1 Å². The third-order valence-electron chi connectivity index (χ3n) is 4.75. The second-order valence-corrected chi connectivity index (χ2v) is 5.91. The monoisotopic (exact) mass is 249 g/mol. The molecule has 0 bridgehead atoms. The Kier molecular flexibility index (Phi) is 4.64. The maximum Gasteiger partial charge on any atom is 0.109 e. The van der Waals surface area contributed by atoms with Gasteiger partial charge in [0.25, 0.3) is 0 Å². The van der Waals surface area contributed by atoms with Gasteiger partial charge in [0.05, 0.1) is 6.07 Å². The molecule has 0 aromatic carbocycles. The molecule has 0 aromatic heterocycles. The topological polar surface area (TPSA) is 39.1 Å². The standard InChI is InChI=1S/C15H27N3/c1-3-18(4-2)11-9-13-6-5-10-15(13,12-16)17-14-7-8-14/h13-14,17H,3-11H2,1-2H3. The Bertz CT molecular complexity index is 301. The number of nitrogens with zero attached hydrogens (tertiary/aromatic N) is 2. The number of hydrogen-bond acceptors (Lipinski definition) is 3. The fourth-order valence-electron chi connectivity index (χ4n) is 3.31. The van der Waals surface area contributed by atoms with Crippen molar-refractivity contribution in [1.82, 2.24) is 10.2 Å². The van der Waals surface area contributed by atoms with E-state index in [4.69, 9.17) is 0 Å². The van der Waals surface area contributed by atoms with E-state index in [2.05, 4.69) is 30.1 Å². The number of rotatable bonds is 7. The fraction of sp³-hybridized carbons (Fsp3) is 0.933. The molecule has 0 aromatic rings. The van der Waals surface area contributed by atoms with E-state index in [1.807, 2.05) is 0 Å². The van der Waals surface area contributed by atoms with Crippen LogP contribution in [-0.2, 0) is 0 Å². The van der Waals surface area contributed by atoms with Gasteiger partial charge in [-0.3, -0.25) is 5.32 Å². The van der Waals surface area contributed by atoms with Gasteiger partial charge >= 0.3 is 0 Å². The first kappa shape index (κ1) is 13.8. The highest BCUT2D eigenvalue weighted by molar-refractivity contribution is 5.16. The second kappa shape index (κ2) is 6.04. The Labute approximate surface area is 112 Å². The molecule has 2 saturated carbocycles. The SMILES string of the molecule is CCN(CC)CCC1CCCC1(C#N)NC1CC1. The lowest BCUT2D eigenvalue weighted by molar-refractivity contribution is 0.235. The molecule has 3 nitrogen and oxygen atoms in total. The summed E-state index contributed by atoms with van der Waals surface area (Å²) in [4.78, 5) is 2.47. The maximum absolute atomic E-state index is 9.62. The molecule has 2 aliphatic rings. The predicted molar refractivity (Wildman–Crippen MR) is 74.2 cm³/mol. The van der Waals surface area contributed by atoms with Crippen LogP contribution in [0.5, 0.6) is 0 Å². The van der Waals surface area contributed by atoms with Crippen molar-refractivity contribution in [3.05, 3.63) is 0 Å². The van der Waals surface area contributed by atoms with Gasteiger partial charge in [0, 0.05) is 6.04 Å². The van der Waals surface area contributed by atoms with E-state index < -0.39 is 0 Å². The van der Waals surface area contributed by atoms with Crippen LogP contribution in [0.2, 0.25) is 0 Å². The molecule has 0 aliphatic heterocycles. The molecular weight excluding hydrogens is 222 g/mol. The second-order valence-electron chi connectivity index (χ2n) is 5.91. The Balaban J connectivity index is 1.90. The summed E-state index contributed by atoms with van der Waals surface area (Å²) in [5.41, 5.74) is -0.200. The summed E-state index contributed by atoms with van der Waals surface area (Å²) in [6.45, 7) is 7.83. The number of hydrogen-bond donors (Lipinski definition) is 1. The predicted octanol–water partition coefficient (Wildman–Crippen LogP) is 2.53. The summed E-state index contributed by atoms with van der Waals surface area (Å²) in [6, 6.07) is 3.27. The van der Waals surface area contributed by atoms with E-state index in [1.54, 1.807) is 0 Å². The summed E-state index contributed by atoms with van der Waals surface area (Å²) in [5.74, 6) is 0.559. The number of nitrogens with one attached hydrogen (secondary N) is 1. The molecule has 3 heteroatoms. The van der Waals surface area contributed by atoms with Crippen molar-refractivity contribution in [3.63, 3.8) is 0 Å². The minimum Gasteiger partial charge on any atom is -0.304 e. The van der Waals surface area contributed by atoms with Crippen LogP contribution in [0.4, 0.5) is 0 Å². The number of nitriles is 1. The van der Waals surface area contributed by atoms with Crippen molar-refractivity contribution in [2.45, 2.75) is 64.0 Å². The first-order valence-corrected chi connectivity index (χ1v) is 7.65. The third kappa shape index (κ3) is 3.05. The van der Waals surface area contributed by atoms with Crippen LogP contribution < -0.4 is 5.32 Å². The van der Waals surface area contributed by atoms with E-state index >= 15 is 0 Å². The van der Waals surface area contributed by atoms with Gasteiger partial charge < -0.3 is 4.90 Å². The molecular formula is C15H27N3. The highest BCUT2D eigenvalue weighted by Crippen LogP contribution is 2.40. The molecule has 0 amide bonds. The van der Waals surface area contributed by atoms with Gasteiger partial charge in [-0.1, -0.05) is 20.3 Å². The Morgan fingerprint density at radius 1 is 1.28 bits per heavy atom. The molecule has 0 radical (unpaired) electrons. The average Bonchev–Trinajstić information content (AvgIpc) is 3.11. The summed E-state index contributed by atoms with van der Waals surface area (Å²) in [6.07, 6.45) is 7.22. The van der Waals surface area contributed by atoms with Crippen LogP contribution in [0.25, 0.3) is 0 Å². The van der Waals surface area contributed by atoms with Crippen LogP contribution in [0.15, 0.2) is 0 Å². The summed E-state index contributed by atoms with van der Waals surface area (Å²) in [7, 11) is 0. The maximum atomic E-state index is 9.62. The molecule has 0 saturated heterocycles. The molecule has 18 heavy (non-hydrogen) atoms. The van der Waals surface area contributed by atoms with Crippen molar-refractivity contribution in [1.29, 1.82) is 5.26 Å². The molecule has 2 aliphatic carbocycles.